The van der Waals surface area contributed by atoms with Crippen LogP contribution < -0.4 is 5.32 Å². The van der Waals surface area contributed by atoms with Crippen molar-refractivity contribution in [2.75, 3.05) is 47.3 Å². The summed E-state index contributed by atoms with van der Waals surface area (Å²) >= 11 is 0. The van der Waals surface area contributed by atoms with E-state index in [-0.39, 0.29) is 0 Å². The van der Waals surface area contributed by atoms with Gasteiger partial charge in [-0.15, -0.1) is 0 Å². The van der Waals surface area contributed by atoms with Crippen molar-refractivity contribution in [3.63, 3.8) is 0 Å². The summed E-state index contributed by atoms with van der Waals surface area (Å²) in [5, 5.41) is 3.57. The van der Waals surface area contributed by atoms with Gasteiger partial charge in [0.15, 0.2) is 0 Å². The second-order valence-electron chi connectivity index (χ2n) is 7.67. The Bertz CT molecular complexity index is 263. The van der Waals surface area contributed by atoms with E-state index < -0.39 is 0 Å². The van der Waals surface area contributed by atoms with E-state index in [0.29, 0.717) is 11.5 Å². The molecule has 1 N–H and O–H groups in total. The Morgan fingerprint density at radius 2 is 1.85 bits per heavy atom. The van der Waals surface area contributed by atoms with Gasteiger partial charge in [-0.25, -0.2) is 0 Å². The van der Waals surface area contributed by atoms with E-state index in [1.807, 2.05) is 0 Å². The van der Waals surface area contributed by atoms with E-state index in [1.54, 1.807) is 0 Å². The summed E-state index contributed by atoms with van der Waals surface area (Å²) in [5.74, 6) is 0.803. The predicted molar refractivity (Wildman–Crippen MR) is 89.3 cm³/mol. The molecule has 2 unspecified atom stereocenters. The molecule has 0 bridgehead atoms. The van der Waals surface area contributed by atoms with E-state index in [0.717, 1.165) is 5.92 Å². The van der Waals surface area contributed by atoms with Crippen LogP contribution in [0.2, 0.25) is 0 Å². The molecular formula is C17H37N3. The first-order valence-electron chi connectivity index (χ1n) is 8.42. The van der Waals surface area contributed by atoms with Crippen molar-refractivity contribution >= 4 is 0 Å². The molecule has 3 heteroatoms. The van der Waals surface area contributed by atoms with E-state index in [9.17, 15) is 0 Å². The fraction of sp³-hybridized carbons (Fsp3) is 1.00. The highest BCUT2D eigenvalue weighted by atomic mass is 15.2. The zero-order valence-electron chi connectivity index (χ0n) is 14.7. The van der Waals surface area contributed by atoms with Crippen molar-refractivity contribution < 1.29 is 0 Å². The molecule has 0 aromatic carbocycles. The van der Waals surface area contributed by atoms with Gasteiger partial charge in [-0.2, -0.15) is 0 Å². The first-order valence-corrected chi connectivity index (χ1v) is 8.42. The summed E-state index contributed by atoms with van der Waals surface area (Å²) < 4.78 is 0. The van der Waals surface area contributed by atoms with Crippen LogP contribution in [0.15, 0.2) is 0 Å². The van der Waals surface area contributed by atoms with Gasteiger partial charge >= 0.3 is 0 Å². The van der Waals surface area contributed by atoms with Crippen molar-refractivity contribution in [2.45, 2.75) is 52.5 Å². The molecule has 0 saturated heterocycles. The molecule has 1 saturated carbocycles. The summed E-state index contributed by atoms with van der Waals surface area (Å²) in [6, 6.07) is 0.710. The van der Waals surface area contributed by atoms with Gasteiger partial charge in [0.1, 0.15) is 0 Å². The summed E-state index contributed by atoms with van der Waals surface area (Å²) in [6.07, 6.45) is 5.32. The van der Waals surface area contributed by atoms with Crippen LogP contribution in [0.3, 0.4) is 0 Å². The smallest absolute Gasteiger partial charge is 0.0109 e. The number of rotatable bonds is 8. The molecule has 120 valence electrons. The first kappa shape index (κ1) is 17.9. The molecule has 3 nitrogen and oxygen atoms in total. The molecule has 0 spiro atoms. The first-order chi connectivity index (χ1) is 9.38. The highest BCUT2D eigenvalue weighted by molar-refractivity contribution is 4.89. The highest BCUT2D eigenvalue weighted by Gasteiger charge is 2.34. The monoisotopic (exact) mass is 283 g/mol. The Kier molecular flexibility index (Phi) is 7.49. The van der Waals surface area contributed by atoms with Gasteiger partial charge in [0.25, 0.3) is 0 Å². The topological polar surface area (TPSA) is 18.5 Å². The number of hydrogen-bond donors (Lipinski definition) is 1. The zero-order valence-corrected chi connectivity index (χ0v) is 14.7. The molecule has 1 aliphatic carbocycles. The molecule has 1 fully saturated rings. The molecule has 0 aliphatic heterocycles. The second-order valence-corrected chi connectivity index (χ2v) is 7.67. The minimum Gasteiger partial charge on any atom is -0.317 e. The predicted octanol–water partition coefficient (Wildman–Crippen LogP) is 2.67. The fourth-order valence-electron chi connectivity index (χ4n) is 3.59. The summed E-state index contributed by atoms with van der Waals surface area (Å²) in [7, 11) is 6.48. The number of likely N-dealkylation sites (N-methyl/N-ethyl adjacent to an activating group) is 1. The summed E-state index contributed by atoms with van der Waals surface area (Å²) in [4.78, 5) is 4.97. The third kappa shape index (κ3) is 6.11. The molecule has 2 atom stereocenters. The van der Waals surface area contributed by atoms with Crippen molar-refractivity contribution in [3.05, 3.63) is 0 Å². The van der Waals surface area contributed by atoms with Crippen LogP contribution in [-0.2, 0) is 0 Å². The number of hydrogen-bond acceptors (Lipinski definition) is 3. The van der Waals surface area contributed by atoms with Gasteiger partial charge in [-0.3, -0.25) is 0 Å². The maximum Gasteiger partial charge on any atom is 0.0109 e. The lowest BCUT2D eigenvalue weighted by Crippen LogP contribution is -2.47. The molecule has 0 heterocycles. The van der Waals surface area contributed by atoms with Crippen molar-refractivity contribution in [1.29, 1.82) is 0 Å². The van der Waals surface area contributed by atoms with Gasteiger partial charge in [-0.05, 0) is 64.7 Å². The average Bonchev–Trinajstić information content (AvgIpc) is 2.35. The Balaban J connectivity index is 2.58. The van der Waals surface area contributed by atoms with Gasteiger partial charge in [0.2, 0.25) is 0 Å². The lowest BCUT2D eigenvalue weighted by atomic mass is 9.69. The molecule has 1 rings (SSSR count). The average molecular weight is 284 g/mol. The second kappa shape index (κ2) is 8.35. The minimum atomic E-state index is 0.525. The van der Waals surface area contributed by atoms with Crippen LogP contribution >= 0.6 is 0 Å². The van der Waals surface area contributed by atoms with Gasteiger partial charge in [0.05, 0.1) is 0 Å². The molecule has 1 aliphatic rings. The molecule has 0 aromatic rings. The van der Waals surface area contributed by atoms with Crippen molar-refractivity contribution in [2.24, 2.45) is 11.3 Å². The SMILES string of the molecule is CCCN(CCN(C)C)CC1CC(C)(C)CCC1NC. The Labute approximate surface area is 127 Å². The summed E-state index contributed by atoms with van der Waals surface area (Å²) in [6.45, 7) is 12.0. The van der Waals surface area contributed by atoms with Crippen molar-refractivity contribution in [3.8, 4) is 0 Å². The largest absolute Gasteiger partial charge is 0.317 e. The molecule has 0 aromatic heterocycles. The van der Waals surface area contributed by atoms with E-state index in [2.05, 4.69) is 57.0 Å². The van der Waals surface area contributed by atoms with E-state index in [4.69, 9.17) is 0 Å². The van der Waals surface area contributed by atoms with Crippen LogP contribution in [0.25, 0.3) is 0 Å². The van der Waals surface area contributed by atoms with Gasteiger partial charge < -0.3 is 15.1 Å². The van der Waals surface area contributed by atoms with Crippen LogP contribution in [0.1, 0.15) is 46.5 Å². The Morgan fingerprint density at radius 3 is 2.40 bits per heavy atom. The van der Waals surface area contributed by atoms with E-state index >= 15 is 0 Å². The molecular weight excluding hydrogens is 246 g/mol. The fourth-order valence-corrected chi connectivity index (χ4v) is 3.59. The Hall–Kier alpha value is -0.120. The number of nitrogens with zero attached hydrogens (tertiary/aromatic N) is 2. The lowest BCUT2D eigenvalue weighted by Gasteiger charge is -2.43. The quantitative estimate of drug-likeness (QED) is 0.739. The standard InChI is InChI=1S/C17H37N3/c1-7-10-20(12-11-19(5)6)14-15-13-17(2,3)9-8-16(15)18-4/h15-16,18H,7-14H2,1-6H3. The highest BCUT2D eigenvalue weighted by Crippen LogP contribution is 2.38. The number of nitrogens with one attached hydrogen (secondary N) is 1. The molecule has 0 radical (unpaired) electrons. The third-order valence-corrected chi connectivity index (χ3v) is 4.78. The van der Waals surface area contributed by atoms with Crippen LogP contribution in [0.5, 0.6) is 0 Å². The Morgan fingerprint density at radius 1 is 1.15 bits per heavy atom. The lowest BCUT2D eigenvalue weighted by molar-refractivity contribution is 0.0997. The molecule has 0 amide bonds. The third-order valence-electron chi connectivity index (χ3n) is 4.78. The van der Waals surface area contributed by atoms with Gasteiger partial charge in [0, 0.05) is 25.7 Å². The normalized spacial score (nSPS) is 26.4. The van der Waals surface area contributed by atoms with Crippen LogP contribution in [0, 0.1) is 11.3 Å². The maximum absolute atomic E-state index is 3.57. The van der Waals surface area contributed by atoms with Crippen molar-refractivity contribution in [1.82, 2.24) is 15.1 Å². The van der Waals surface area contributed by atoms with Crippen LogP contribution in [0.4, 0.5) is 0 Å². The maximum atomic E-state index is 3.57. The van der Waals surface area contributed by atoms with E-state index in [1.165, 1.54) is 51.9 Å². The summed E-state index contributed by atoms with van der Waals surface area (Å²) in [5.41, 5.74) is 0.525. The minimum absolute atomic E-state index is 0.525. The van der Waals surface area contributed by atoms with Gasteiger partial charge in [-0.1, -0.05) is 20.8 Å². The zero-order chi connectivity index (χ0) is 15.2. The van der Waals surface area contributed by atoms with Crippen LogP contribution in [-0.4, -0.2) is 63.2 Å². The molecule has 20 heavy (non-hydrogen) atoms.